The van der Waals surface area contributed by atoms with Gasteiger partial charge < -0.3 is 15.0 Å². The van der Waals surface area contributed by atoms with Crippen molar-refractivity contribution in [2.45, 2.75) is 25.4 Å². The van der Waals surface area contributed by atoms with Gasteiger partial charge in [0.25, 0.3) is 5.91 Å². The number of amides is 2. The second kappa shape index (κ2) is 10.7. The number of rotatable bonds is 7. The van der Waals surface area contributed by atoms with Crippen LogP contribution in [0.15, 0.2) is 78.9 Å². The quantitative estimate of drug-likeness (QED) is 0.571. The third kappa shape index (κ3) is 5.72. The van der Waals surface area contributed by atoms with E-state index in [1.54, 1.807) is 12.1 Å². The predicted octanol–water partition coefficient (Wildman–Crippen LogP) is 3.83. The molecule has 2 heterocycles. The minimum atomic E-state index is -0.372. The summed E-state index contributed by atoms with van der Waals surface area (Å²) >= 11 is 0. The first kappa shape index (κ1) is 23.1. The first-order valence-electron chi connectivity index (χ1n) is 12.3. The summed E-state index contributed by atoms with van der Waals surface area (Å²) in [7, 11) is 0. The highest BCUT2D eigenvalue weighted by Crippen LogP contribution is 2.26. The van der Waals surface area contributed by atoms with Crippen LogP contribution in [0.1, 0.15) is 39.5 Å². The van der Waals surface area contributed by atoms with E-state index in [4.69, 9.17) is 4.74 Å². The third-order valence-corrected chi connectivity index (χ3v) is 6.81. The molecule has 0 aliphatic carbocycles. The molecule has 2 aliphatic heterocycles. The van der Waals surface area contributed by atoms with Crippen molar-refractivity contribution in [2.24, 2.45) is 0 Å². The molecule has 6 heteroatoms. The lowest BCUT2D eigenvalue weighted by atomic mass is 10.0. The standard InChI is InChI=1S/C29H31N3O3/c33-28(20-26(23-7-3-1-4-8-23)30-29(34)24-9-5-2-6-10-24)32-16-14-31(15-17-32)21-22-11-12-27-25(19-22)13-18-35-27/h1-12,19,26H,13-18,20-21H2,(H,30,34)/t26-/m1/s1. The topological polar surface area (TPSA) is 61.9 Å². The number of carbonyl (C=O) groups is 2. The largest absolute Gasteiger partial charge is 0.493 e. The maximum atomic E-state index is 13.2. The molecule has 6 nitrogen and oxygen atoms in total. The molecule has 0 saturated carbocycles. The Morgan fingerprint density at radius 1 is 0.886 bits per heavy atom. The summed E-state index contributed by atoms with van der Waals surface area (Å²) < 4.78 is 5.61. The highest BCUT2D eigenvalue weighted by molar-refractivity contribution is 5.94. The molecule has 35 heavy (non-hydrogen) atoms. The average Bonchev–Trinajstić information content (AvgIpc) is 3.38. The maximum Gasteiger partial charge on any atom is 0.251 e. The molecule has 1 saturated heterocycles. The fourth-order valence-electron chi connectivity index (χ4n) is 4.82. The van der Waals surface area contributed by atoms with Crippen LogP contribution in [-0.2, 0) is 17.8 Å². The molecular weight excluding hydrogens is 438 g/mol. The van der Waals surface area contributed by atoms with Gasteiger partial charge in [-0.3, -0.25) is 14.5 Å². The zero-order chi connectivity index (χ0) is 24.0. The molecule has 0 bridgehead atoms. The average molecular weight is 470 g/mol. The van der Waals surface area contributed by atoms with Crippen LogP contribution in [0.2, 0.25) is 0 Å². The third-order valence-electron chi connectivity index (χ3n) is 6.81. The number of piperazine rings is 1. The molecule has 2 amide bonds. The first-order chi connectivity index (χ1) is 17.2. The second-order valence-corrected chi connectivity index (χ2v) is 9.20. The number of benzene rings is 3. The van der Waals surface area contributed by atoms with Crippen molar-refractivity contribution >= 4 is 11.8 Å². The van der Waals surface area contributed by atoms with E-state index in [2.05, 4.69) is 28.4 Å². The molecule has 2 aliphatic rings. The van der Waals surface area contributed by atoms with E-state index in [1.165, 1.54) is 11.1 Å². The van der Waals surface area contributed by atoms with Gasteiger partial charge in [-0.2, -0.15) is 0 Å². The molecule has 3 aromatic rings. The number of hydrogen-bond acceptors (Lipinski definition) is 4. The Labute approximate surface area is 206 Å². The summed E-state index contributed by atoms with van der Waals surface area (Å²) in [6.45, 7) is 4.73. The van der Waals surface area contributed by atoms with Crippen LogP contribution < -0.4 is 10.1 Å². The van der Waals surface area contributed by atoms with Crippen LogP contribution in [0.4, 0.5) is 0 Å². The molecule has 1 N–H and O–H groups in total. The lowest BCUT2D eigenvalue weighted by molar-refractivity contribution is -0.133. The second-order valence-electron chi connectivity index (χ2n) is 9.20. The lowest BCUT2D eigenvalue weighted by Gasteiger charge is -2.35. The van der Waals surface area contributed by atoms with E-state index < -0.39 is 0 Å². The maximum absolute atomic E-state index is 13.2. The van der Waals surface area contributed by atoms with Gasteiger partial charge in [0.15, 0.2) is 0 Å². The zero-order valence-electron chi connectivity index (χ0n) is 19.9. The van der Waals surface area contributed by atoms with Crippen LogP contribution in [0.3, 0.4) is 0 Å². The Hall–Kier alpha value is -3.64. The Bertz CT molecular complexity index is 1160. The highest BCUT2D eigenvalue weighted by Gasteiger charge is 2.26. The number of hydrogen-bond donors (Lipinski definition) is 1. The van der Waals surface area contributed by atoms with Crippen molar-refractivity contribution in [3.63, 3.8) is 0 Å². The van der Waals surface area contributed by atoms with Gasteiger partial charge in [0.05, 0.1) is 19.1 Å². The van der Waals surface area contributed by atoms with Crippen LogP contribution in [-0.4, -0.2) is 54.4 Å². The SMILES string of the molecule is O=C(N[C@H](CC(=O)N1CCN(Cc2ccc3c(c2)CCO3)CC1)c1ccccc1)c1ccccc1. The van der Waals surface area contributed by atoms with Crippen LogP contribution >= 0.6 is 0 Å². The smallest absolute Gasteiger partial charge is 0.251 e. The lowest BCUT2D eigenvalue weighted by Crippen LogP contribution is -2.49. The van der Waals surface area contributed by atoms with Gasteiger partial charge in [-0.15, -0.1) is 0 Å². The van der Waals surface area contributed by atoms with Gasteiger partial charge >= 0.3 is 0 Å². The monoisotopic (exact) mass is 469 g/mol. The molecule has 5 rings (SSSR count). The van der Waals surface area contributed by atoms with Crippen molar-refractivity contribution in [1.29, 1.82) is 0 Å². The number of carbonyl (C=O) groups excluding carboxylic acids is 2. The summed E-state index contributed by atoms with van der Waals surface area (Å²) in [4.78, 5) is 30.4. The van der Waals surface area contributed by atoms with Gasteiger partial charge in [-0.1, -0.05) is 60.7 Å². The van der Waals surface area contributed by atoms with Gasteiger partial charge in [0, 0.05) is 44.7 Å². The van der Waals surface area contributed by atoms with E-state index in [0.717, 1.165) is 44.0 Å². The number of nitrogens with one attached hydrogen (secondary N) is 1. The van der Waals surface area contributed by atoms with Crippen LogP contribution in [0.5, 0.6) is 5.75 Å². The molecular formula is C29H31N3O3. The molecule has 0 radical (unpaired) electrons. The molecule has 0 unspecified atom stereocenters. The Morgan fingerprint density at radius 2 is 1.60 bits per heavy atom. The van der Waals surface area contributed by atoms with E-state index in [1.807, 2.05) is 53.4 Å². The highest BCUT2D eigenvalue weighted by atomic mass is 16.5. The minimum absolute atomic E-state index is 0.0709. The molecule has 1 atom stereocenters. The van der Waals surface area contributed by atoms with Crippen molar-refractivity contribution in [3.8, 4) is 5.75 Å². The Balaban J connectivity index is 1.18. The molecule has 0 aromatic heterocycles. The van der Waals surface area contributed by atoms with Crippen molar-refractivity contribution in [2.75, 3.05) is 32.8 Å². The fraction of sp³-hybridized carbons (Fsp3) is 0.310. The van der Waals surface area contributed by atoms with E-state index >= 15 is 0 Å². The number of fused-ring (bicyclic) bond motifs is 1. The molecule has 3 aromatic carbocycles. The summed E-state index contributed by atoms with van der Waals surface area (Å²) in [5, 5.41) is 3.07. The number of nitrogens with zero attached hydrogens (tertiary/aromatic N) is 2. The van der Waals surface area contributed by atoms with Gasteiger partial charge in [0.2, 0.25) is 5.91 Å². The predicted molar refractivity (Wildman–Crippen MR) is 135 cm³/mol. The van der Waals surface area contributed by atoms with Crippen LogP contribution in [0, 0.1) is 0 Å². The zero-order valence-corrected chi connectivity index (χ0v) is 19.9. The normalized spacial score (nSPS) is 16.3. The Morgan fingerprint density at radius 3 is 2.34 bits per heavy atom. The fourth-order valence-corrected chi connectivity index (χ4v) is 4.82. The summed E-state index contributed by atoms with van der Waals surface area (Å²) in [5.74, 6) is 0.912. The molecule has 180 valence electrons. The van der Waals surface area contributed by atoms with Crippen molar-refractivity contribution in [1.82, 2.24) is 15.1 Å². The van der Waals surface area contributed by atoms with Crippen molar-refractivity contribution in [3.05, 3.63) is 101 Å². The van der Waals surface area contributed by atoms with Crippen LogP contribution in [0.25, 0.3) is 0 Å². The van der Waals surface area contributed by atoms with E-state index in [0.29, 0.717) is 18.7 Å². The van der Waals surface area contributed by atoms with Gasteiger partial charge in [-0.05, 0) is 34.9 Å². The molecule has 1 fully saturated rings. The first-order valence-corrected chi connectivity index (χ1v) is 12.3. The van der Waals surface area contributed by atoms with E-state index in [-0.39, 0.29) is 24.3 Å². The van der Waals surface area contributed by atoms with Crippen molar-refractivity contribution < 1.29 is 14.3 Å². The van der Waals surface area contributed by atoms with E-state index in [9.17, 15) is 9.59 Å². The summed E-state index contributed by atoms with van der Waals surface area (Å²) in [6, 6.07) is 25.0. The van der Waals surface area contributed by atoms with Gasteiger partial charge in [0.1, 0.15) is 5.75 Å². The molecule has 0 spiro atoms. The number of ether oxygens (including phenoxy) is 1. The summed E-state index contributed by atoms with van der Waals surface area (Å²) in [6.07, 6.45) is 1.22. The van der Waals surface area contributed by atoms with Gasteiger partial charge in [-0.25, -0.2) is 0 Å². The summed E-state index contributed by atoms with van der Waals surface area (Å²) in [5.41, 5.74) is 4.11. The Kier molecular flexibility index (Phi) is 7.09. The minimum Gasteiger partial charge on any atom is -0.493 e.